The van der Waals surface area contributed by atoms with Crippen LogP contribution in [0.4, 0.5) is 4.79 Å². The van der Waals surface area contributed by atoms with Gasteiger partial charge in [-0.05, 0) is 30.3 Å². The van der Waals surface area contributed by atoms with Gasteiger partial charge < -0.3 is 5.32 Å². The van der Waals surface area contributed by atoms with Crippen LogP contribution >= 0.6 is 23.1 Å². The number of aromatic nitrogens is 1. The van der Waals surface area contributed by atoms with Crippen molar-refractivity contribution in [1.82, 2.24) is 15.2 Å². The molecule has 3 amide bonds. The lowest BCUT2D eigenvalue weighted by molar-refractivity contribution is -0.122. The first-order valence-corrected chi connectivity index (χ1v) is 11.3. The van der Waals surface area contributed by atoms with Crippen LogP contribution in [0.25, 0.3) is 16.6 Å². The van der Waals surface area contributed by atoms with Crippen LogP contribution in [0.5, 0.6) is 0 Å². The molecular formula is C23H19N3O3S2. The minimum Gasteiger partial charge on any atom is -0.349 e. The first-order valence-electron chi connectivity index (χ1n) is 9.64. The first kappa shape index (κ1) is 21.0. The SMILES string of the molecule is Cc1nc(-c2ccccc2)sc1C(=O)NCCN1C(=O)S/C(=C\c2ccccc2)C1=O. The Hall–Kier alpha value is -3.23. The van der Waals surface area contributed by atoms with Gasteiger partial charge in [0.25, 0.3) is 17.1 Å². The largest absolute Gasteiger partial charge is 0.349 e. The number of hydrogen-bond donors (Lipinski definition) is 1. The number of rotatable bonds is 6. The molecule has 31 heavy (non-hydrogen) atoms. The highest BCUT2D eigenvalue weighted by molar-refractivity contribution is 8.18. The van der Waals surface area contributed by atoms with Gasteiger partial charge in [-0.1, -0.05) is 60.7 Å². The number of imide groups is 1. The summed E-state index contributed by atoms with van der Waals surface area (Å²) >= 11 is 2.24. The van der Waals surface area contributed by atoms with E-state index in [1.165, 1.54) is 11.3 Å². The molecule has 156 valence electrons. The Morgan fingerprint density at radius 1 is 1.06 bits per heavy atom. The Kier molecular flexibility index (Phi) is 6.29. The fourth-order valence-corrected chi connectivity index (χ4v) is 4.92. The average molecular weight is 450 g/mol. The number of hydrogen-bond acceptors (Lipinski definition) is 6. The maximum Gasteiger partial charge on any atom is 0.293 e. The Labute approximate surface area is 188 Å². The average Bonchev–Trinajstić information content (AvgIpc) is 3.30. The number of nitrogens with one attached hydrogen (secondary N) is 1. The molecule has 1 aliphatic heterocycles. The van der Waals surface area contributed by atoms with E-state index >= 15 is 0 Å². The fraction of sp³-hybridized carbons (Fsp3) is 0.130. The molecule has 2 aromatic carbocycles. The predicted molar refractivity (Wildman–Crippen MR) is 124 cm³/mol. The van der Waals surface area contributed by atoms with E-state index in [1.54, 1.807) is 13.0 Å². The third-order valence-corrected chi connectivity index (χ3v) is 6.73. The molecule has 8 heteroatoms. The molecule has 2 heterocycles. The third kappa shape index (κ3) is 4.76. The highest BCUT2D eigenvalue weighted by Gasteiger charge is 2.34. The minimum absolute atomic E-state index is 0.117. The van der Waals surface area contributed by atoms with E-state index in [0.29, 0.717) is 15.5 Å². The van der Waals surface area contributed by atoms with Crippen LogP contribution in [0.15, 0.2) is 65.6 Å². The Bertz CT molecular complexity index is 1160. The van der Waals surface area contributed by atoms with Gasteiger partial charge in [-0.25, -0.2) is 4.98 Å². The number of amides is 3. The molecular weight excluding hydrogens is 430 g/mol. The predicted octanol–water partition coefficient (Wildman–Crippen LogP) is 4.58. The minimum atomic E-state index is -0.339. The number of carbonyl (C=O) groups is 3. The molecule has 1 saturated heterocycles. The van der Waals surface area contributed by atoms with Crippen molar-refractivity contribution in [3.63, 3.8) is 0 Å². The van der Waals surface area contributed by atoms with Gasteiger partial charge in [-0.2, -0.15) is 0 Å². The molecule has 3 aromatic rings. The molecule has 0 unspecified atom stereocenters. The molecule has 1 N–H and O–H groups in total. The molecule has 1 aliphatic rings. The zero-order chi connectivity index (χ0) is 21.8. The molecule has 0 aliphatic carbocycles. The molecule has 1 fully saturated rings. The van der Waals surface area contributed by atoms with Crippen molar-refractivity contribution in [3.8, 4) is 10.6 Å². The van der Waals surface area contributed by atoms with Crippen LogP contribution in [0, 0.1) is 6.92 Å². The summed E-state index contributed by atoms with van der Waals surface area (Å²) in [5, 5.41) is 3.24. The van der Waals surface area contributed by atoms with E-state index in [4.69, 9.17) is 0 Å². The van der Waals surface area contributed by atoms with Crippen molar-refractivity contribution in [2.75, 3.05) is 13.1 Å². The van der Waals surface area contributed by atoms with Crippen LogP contribution < -0.4 is 5.32 Å². The molecule has 0 bridgehead atoms. The van der Waals surface area contributed by atoms with E-state index in [-0.39, 0.29) is 30.1 Å². The van der Waals surface area contributed by atoms with Gasteiger partial charge in [0.1, 0.15) is 9.88 Å². The Morgan fingerprint density at radius 3 is 2.45 bits per heavy atom. The highest BCUT2D eigenvalue weighted by atomic mass is 32.2. The number of thioether (sulfide) groups is 1. The number of benzene rings is 2. The molecule has 0 atom stereocenters. The molecule has 0 spiro atoms. The van der Waals surface area contributed by atoms with E-state index in [0.717, 1.165) is 32.8 Å². The van der Waals surface area contributed by atoms with Crippen LogP contribution in [-0.4, -0.2) is 40.0 Å². The van der Waals surface area contributed by atoms with Gasteiger partial charge in [0, 0.05) is 18.7 Å². The summed E-state index contributed by atoms with van der Waals surface area (Å²) in [5.74, 6) is -0.600. The summed E-state index contributed by atoms with van der Waals surface area (Å²) in [7, 11) is 0. The smallest absolute Gasteiger partial charge is 0.293 e. The second-order valence-corrected chi connectivity index (χ2v) is 8.79. The zero-order valence-corrected chi connectivity index (χ0v) is 18.3. The van der Waals surface area contributed by atoms with E-state index < -0.39 is 0 Å². The monoisotopic (exact) mass is 449 g/mol. The zero-order valence-electron chi connectivity index (χ0n) is 16.7. The fourth-order valence-electron chi connectivity index (χ4n) is 3.07. The molecule has 6 nitrogen and oxygen atoms in total. The van der Waals surface area contributed by atoms with Crippen LogP contribution in [0.3, 0.4) is 0 Å². The number of nitrogens with zero attached hydrogens (tertiary/aromatic N) is 2. The standard InChI is InChI=1S/C23H19N3O3S2/c1-15-19(31-21(25-15)17-10-6-3-7-11-17)20(27)24-12-13-26-22(28)18(30-23(26)29)14-16-8-4-2-5-9-16/h2-11,14H,12-13H2,1H3,(H,24,27)/b18-14-. The summed E-state index contributed by atoms with van der Waals surface area (Å²) < 4.78 is 0. The van der Waals surface area contributed by atoms with E-state index in [9.17, 15) is 14.4 Å². The molecule has 4 rings (SSSR count). The Morgan fingerprint density at radius 2 is 1.74 bits per heavy atom. The van der Waals surface area contributed by atoms with Crippen molar-refractivity contribution >= 4 is 46.2 Å². The van der Waals surface area contributed by atoms with Gasteiger partial charge >= 0.3 is 0 Å². The first-order chi connectivity index (χ1) is 15.0. The van der Waals surface area contributed by atoms with Gasteiger partial charge in [0.05, 0.1) is 10.6 Å². The Balaban J connectivity index is 1.37. The maximum atomic E-state index is 12.6. The summed E-state index contributed by atoms with van der Waals surface area (Å²) in [6.45, 7) is 2.09. The van der Waals surface area contributed by atoms with Crippen molar-refractivity contribution in [1.29, 1.82) is 0 Å². The van der Waals surface area contributed by atoms with Crippen molar-refractivity contribution in [2.45, 2.75) is 6.92 Å². The summed E-state index contributed by atoms with van der Waals surface area (Å²) in [4.78, 5) is 44.0. The number of carbonyl (C=O) groups excluding carboxylic acids is 3. The lowest BCUT2D eigenvalue weighted by atomic mass is 10.2. The summed E-state index contributed by atoms with van der Waals surface area (Å²) in [6, 6.07) is 19.0. The van der Waals surface area contributed by atoms with Crippen molar-refractivity contribution in [3.05, 3.63) is 81.7 Å². The second kappa shape index (κ2) is 9.28. The van der Waals surface area contributed by atoms with E-state index in [2.05, 4.69) is 10.3 Å². The van der Waals surface area contributed by atoms with Gasteiger partial charge in [0.2, 0.25) is 0 Å². The molecule has 1 aromatic heterocycles. The van der Waals surface area contributed by atoms with Gasteiger partial charge in [-0.3, -0.25) is 19.3 Å². The van der Waals surface area contributed by atoms with Gasteiger partial charge in [0.15, 0.2) is 0 Å². The molecule has 0 radical (unpaired) electrons. The van der Waals surface area contributed by atoms with Crippen molar-refractivity contribution in [2.24, 2.45) is 0 Å². The number of thiazole rings is 1. The normalized spacial score (nSPS) is 15.0. The quantitative estimate of drug-likeness (QED) is 0.557. The highest BCUT2D eigenvalue weighted by Crippen LogP contribution is 2.32. The van der Waals surface area contributed by atoms with Crippen LogP contribution in [0.2, 0.25) is 0 Å². The second-order valence-electron chi connectivity index (χ2n) is 6.80. The molecule has 0 saturated carbocycles. The lowest BCUT2D eigenvalue weighted by Gasteiger charge is -2.12. The van der Waals surface area contributed by atoms with Crippen molar-refractivity contribution < 1.29 is 14.4 Å². The summed E-state index contributed by atoms with van der Waals surface area (Å²) in [5.41, 5.74) is 2.46. The number of aryl methyl sites for hydroxylation is 1. The van der Waals surface area contributed by atoms with Gasteiger partial charge in [-0.15, -0.1) is 11.3 Å². The topological polar surface area (TPSA) is 79.4 Å². The summed E-state index contributed by atoms with van der Waals surface area (Å²) in [6.07, 6.45) is 1.70. The van der Waals surface area contributed by atoms with E-state index in [1.807, 2.05) is 60.7 Å². The maximum absolute atomic E-state index is 12.6. The van der Waals surface area contributed by atoms with Crippen LogP contribution in [-0.2, 0) is 4.79 Å². The third-order valence-electron chi connectivity index (χ3n) is 4.62. The lowest BCUT2D eigenvalue weighted by Crippen LogP contribution is -2.37. The van der Waals surface area contributed by atoms with Crippen LogP contribution in [0.1, 0.15) is 20.9 Å².